The van der Waals surface area contributed by atoms with E-state index in [0.29, 0.717) is 65.0 Å². The van der Waals surface area contributed by atoms with Crippen LogP contribution in [0.4, 0.5) is 0 Å². The number of hydrogen-bond donors (Lipinski definition) is 1. The smallest absolute Gasteiger partial charge is 0.252 e. The molecule has 0 bridgehead atoms. The molecule has 0 radical (unpaired) electrons. The molecule has 36 heavy (non-hydrogen) atoms. The maximum Gasteiger partial charge on any atom is 0.252 e. The first kappa shape index (κ1) is 23.5. The number of methoxy groups -OCH3 is 2. The molecule has 2 aromatic heterocycles. The molecule has 0 aliphatic carbocycles. The predicted octanol–water partition coefficient (Wildman–Crippen LogP) is 4.40. The zero-order chi connectivity index (χ0) is 25.2. The summed E-state index contributed by atoms with van der Waals surface area (Å²) in [5.74, 6) is 2.44. The molecular weight excluding hydrogens is 460 g/mol. The Labute approximate surface area is 208 Å². The molecule has 0 saturated heterocycles. The van der Waals surface area contributed by atoms with Gasteiger partial charge < -0.3 is 24.3 Å². The third-order valence-corrected chi connectivity index (χ3v) is 6.00. The van der Waals surface area contributed by atoms with E-state index in [1.54, 1.807) is 32.5 Å². The van der Waals surface area contributed by atoms with Gasteiger partial charge >= 0.3 is 0 Å². The predicted molar refractivity (Wildman–Crippen MR) is 135 cm³/mol. The largest absolute Gasteiger partial charge is 0.497 e. The Bertz CT molecular complexity index is 1410. The van der Waals surface area contributed by atoms with Crippen molar-refractivity contribution in [2.45, 2.75) is 26.4 Å². The molecule has 0 spiro atoms. The fourth-order valence-electron chi connectivity index (χ4n) is 4.18. The molecule has 3 heterocycles. The quantitative estimate of drug-likeness (QED) is 0.412. The Morgan fingerprint density at radius 1 is 1.03 bits per heavy atom. The zero-order valence-corrected chi connectivity index (χ0v) is 20.7. The summed E-state index contributed by atoms with van der Waals surface area (Å²) in [6.07, 6.45) is 1.69. The molecule has 9 nitrogen and oxygen atoms in total. The average Bonchev–Trinajstić information content (AvgIpc) is 3.35. The van der Waals surface area contributed by atoms with Crippen LogP contribution in [0.3, 0.4) is 0 Å². The lowest BCUT2D eigenvalue weighted by molar-refractivity contribution is 0.0952. The summed E-state index contributed by atoms with van der Waals surface area (Å²) in [6, 6.07) is 13.1. The van der Waals surface area contributed by atoms with Crippen molar-refractivity contribution in [3.8, 4) is 34.3 Å². The number of hydrogen-bond acceptors (Lipinski definition) is 7. The van der Waals surface area contributed by atoms with Crippen LogP contribution in [0.1, 0.15) is 35.8 Å². The zero-order valence-electron chi connectivity index (χ0n) is 20.7. The van der Waals surface area contributed by atoms with E-state index in [-0.39, 0.29) is 11.9 Å². The van der Waals surface area contributed by atoms with Gasteiger partial charge in [-0.1, -0.05) is 0 Å². The van der Waals surface area contributed by atoms with Gasteiger partial charge in [-0.05, 0) is 55.8 Å². The molecule has 0 unspecified atom stereocenters. The topological polar surface area (TPSA) is 96.7 Å². The third kappa shape index (κ3) is 4.51. The molecule has 4 aromatic rings. The summed E-state index contributed by atoms with van der Waals surface area (Å²) in [5, 5.41) is 8.21. The van der Waals surface area contributed by atoms with Crippen LogP contribution < -0.4 is 24.3 Å². The van der Waals surface area contributed by atoms with Crippen molar-refractivity contribution in [3.05, 3.63) is 59.8 Å². The number of fused-ring (bicyclic) bond motifs is 2. The lowest BCUT2D eigenvalue weighted by Crippen LogP contribution is -2.23. The standard InChI is InChI=1S/C27H28N4O5/c1-16(2)31-26-22(15-29-31)21(27(32)28-14-17-9-19(33-3)12-20(10-17)34-4)13-23(30-26)18-5-6-24-25(11-18)36-8-7-35-24/h5-6,9-13,15-16H,7-8,14H2,1-4H3,(H,28,32). The first-order chi connectivity index (χ1) is 17.5. The second kappa shape index (κ2) is 9.77. The van der Waals surface area contributed by atoms with E-state index in [2.05, 4.69) is 10.4 Å². The molecule has 9 heteroatoms. The van der Waals surface area contributed by atoms with Crippen molar-refractivity contribution in [1.82, 2.24) is 20.1 Å². The van der Waals surface area contributed by atoms with Crippen LogP contribution in [0.5, 0.6) is 23.0 Å². The van der Waals surface area contributed by atoms with E-state index in [1.807, 2.05) is 48.9 Å². The number of nitrogens with zero attached hydrogens (tertiary/aromatic N) is 3. The molecule has 1 amide bonds. The van der Waals surface area contributed by atoms with Gasteiger partial charge in [-0.15, -0.1) is 0 Å². The second-order valence-electron chi connectivity index (χ2n) is 8.74. The van der Waals surface area contributed by atoms with Crippen LogP contribution in [0, 0.1) is 0 Å². The summed E-state index contributed by atoms with van der Waals surface area (Å²) in [4.78, 5) is 18.3. The van der Waals surface area contributed by atoms with Crippen LogP contribution in [-0.4, -0.2) is 48.1 Å². The van der Waals surface area contributed by atoms with Crippen molar-refractivity contribution in [1.29, 1.82) is 0 Å². The van der Waals surface area contributed by atoms with E-state index < -0.39 is 0 Å². The second-order valence-corrected chi connectivity index (χ2v) is 8.74. The van der Waals surface area contributed by atoms with Crippen LogP contribution in [0.25, 0.3) is 22.3 Å². The number of ether oxygens (including phenoxy) is 4. The number of rotatable bonds is 7. The van der Waals surface area contributed by atoms with Gasteiger partial charge in [-0.2, -0.15) is 5.10 Å². The molecule has 2 aromatic carbocycles. The molecule has 1 aliphatic rings. The van der Waals surface area contributed by atoms with E-state index in [0.717, 1.165) is 11.1 Å². The molecule has 5 rings (SSSR count). The number of carbonyl (C=O) groups excluding carboxylic acids is 1. The van der Waals surface area contributed by atoms with Gasteiger partial charge in [0, 0.05) is 24.2 Å². The Morgan fingerprint density at radius 3 is 2.44 bits per heavy atom. The molecule has 0 fully saturated rings. The maximum atomic E-state index is 13.5. The highest BCUT2D eigenvalue weighted by atomic mass is 16.6. The Morgan fingerprint density at radius 2 is 1.75 bits per heavy atom. The monoisotopic (exact) mass is 488 g/mol. The molecular formula is C27H28N4O5. The normalized spacial score (nSPS) is 12.6. The first-order valence-corrected chi connectivity index (χ1v) is 11.7. The first-order valence-electron chi connectivity index (χ1n) is 11.7. The average molecular weight is 489 g/mol. The lowest BCUT2D eigenvalue weighted by atomic mass is 10.1. The summed E-state index contributed by atoms with van der Waals surface area (Å²) in [6.45, 7) is 5.37. The van der Waals surface area contributed by atoms with Crippen LogP contribution in [0.2, 0.25) is 0 Å². The highest BCUT2D eigenvalue weighted by molar-refractivity contribution is 6.06. The van der Waals surface area contributed by atoms with E-state index in [9.17, 15) is 4.79 Å². The molecule has 1 N–H and O–H groups in total. The minimum Gasteiger partial charge on any atom is -0.497 e. The van der Waals surface area contributed by atoms with Gasteiger partial charge in [0.15, 0.2) is 17.1 Å². The summed E-state index contributed by atoms with van der Waals surface area (Å²) < 4.78 is 23.9. The third-order valence-electron chi connectivity index (χ3n) is 6.00. The fourth-order valence-corrected chi connectivity index (χ4v) is 4.18. The summed E-state index contributed by atoms with van der Waals surface area (Å²) >= 11 is 0. The summed E-state index contributed by atoms with van der Waals surface area (Å²) in [5.41, 5.74) is 3.46. The van der Waals surface area contributed by atoms with Gasteiger partial charge in [0.2, 0.25) is 0 Å². The van der Waals surface area contributed by atoms with E-state index >= 15 is 0 Å². The van der Waals surface area contributed by atoms with Gasteiger partial charge in [0.1, 0.15) is 24.7 Å². The van der Waals surface area contributed by atoms with Crippen LogP contribution in [0.15, 0.2) is 48.7 Å². The van der Waals surface area contributed by atoms with Crippen molar-refractivity contribution >= 4 is 16.9 Å². The minimum absolute atomic E-state index is 0.0747. The van der Waals surface area contributed by atoms with Crippen molar-refractivity contribution in [2.75, 3.05) is 27.4 Å². The molecule has 0 atom stereocenters. The number of amides is 1. The van der Waals surface area contributed by atoms with Crippen molar-refractivity contribution < 1.29 is 23.7 Å². The number of nitrogens with one attached hydrogen (secondary N) is 1. The SMILES string of the molecule is COc1cc(CNC(=O)c2cc(-c3ccc4c(c3)OCCO4)nc3c2cnn3C(C)C)cc(OC)c1. The number of aromatic nitrogens is 3. The number of benzene rings is 2. The van der Waals surface area contributed by atoms with Gasteiger partial charge in [-0.25, -0.2) is 9.67 Å². The van der Waals surface area contributed by atoms with Crippen molar-refractivity contribution in [3.63, 3.8) is 0 Å². The fraction of sp³-hybridized carbons (Fsp3) is 0.296. The van der Waals surface area contributed by atoms with Crippen LogP contribution in [-0.2, 0) is 6.54 Å². The minimum atomic E-state index is -0.230. The molecule has 186 valence electrons. The van der Waals surface area contributed by atoms with E-state index in [1.165, 1.54) is 0 Å². The maximum absolute atomic E-state index is 13.5. The number of pyridine rings is 1. The van der Waals surface area contributed by atoms with Crippen molar-refractivity contribution in [2.24, 2.45) is 0 Å². The highest BCUT2D eigenvalue weighted by Gasteiger charge is 2.20. The molecule has 1 aliphatic heterocycles. The highest BCUT2D eigenvalue weighted by Crippen LogP contribution is 2.35. The van der Waals surface area contributed by atoms with Crippen LogP contribution >= 0.6 is 0 Å². The summed E-state index contributed by atoms with van der Waals surface area (Å²) in [7, 11) is 3.19. The molecule has 0 saturated carbocycles. The van der Waals surface area contributed by atoms with Gasteiger partial charge in [-0.3, -0.25) is 4.79 Å². The Balaban J connectivity index is 1.52. The lowest BCUT2D eigenvalue weighted by Gasteiger charge is -2.19. The van der Waals surface area contributed by atoms with Gasteiger partial charge in [0.25, 0.3) is 5.91 Å². The van der Waals surface area contributed by atoms with E-state index in [4.69, 9.17) is 23.9 Å². The van der Waals surface area contributed by atoms with Gasteiger partial charge in [0.05, 0.1) is 37.1 Å². The Hall–Kier alpha value is -4.27. The Kier molecular flexibility index (Phi) is 6.37. The number of carbonyl (C=O) groups is 1.